The van der Waals surface area contributed by atoms with Crippen molar-refractivity contribution >= 4 is 22.6 Å². The Kier molecular flexibility index (Phi) is 6.22. The zero-order valence-corrected chi connectivity index (χ0v) is 14.3. The lowest BCUT2D eigenvalue weighted by atomic mass is 10.00. The largest absolute Gasteiger partial charge is 0.374 e. The van der Waals surface area contributed by atoms with Crippen molar-refractivity contribution in [2.75, 3.05) is 19.7 Å². The van der Waals surface area contributed by atoms with E-state index in [-0.39, 0.29) is 12.1 Å². The second-order valence-electron chi connectivity index (χ2n) is 5.60. The highest BCUT2D eigenvalue weighted by Crippen LogP contribution is 2.16. The van der Waals surface area contributed by atoms with Crippen LogP contribution in [0, 0.1) is 3.57 Å². The molecule has 1 heterocycles. The summed E-state index contributed by atoms with van der Waals surface area (Å²) in [7, 11) is 0. The molecule has 5 heteroatoms. The lowest BCUT2D eigenvalue weighted by Crippen LogP contribution is -2.56. The van der Waals surface area contributed by atoms with Gasteiger partial charge in [-0.25, -0.2) is 0 Å². The van der Waals surface area contributed by atoms with E-state index in [2.05, 4.69) is 71.0 Å². The number of nitrogens with zero attached hydrogens (tertiary/aromatic N) is 1. The number of ether oxygens (including phenoxy) is 1. The van der Waals surface area contributed by atoms with Gasteiger partial charge in [0.1, 0.15) is 0 Å². The average molecular weight is 389 g/mol. The van der Waals surface area contributed by atoms with E-state index >= 15 is 0 Å². The Balaban J connectivity index is 1.98. The van der Waals surface area contributed by atoms with Crippen LogP contribution < -0.4 is 11.3 Å². The van der Waals surface area contributed by atoms with Crippen molar-refractivity contribution in [3.63, 3.8) is 0 Å². The number of nitrogens with two attached hydrogens (primary N) is 1. The Morgan fingerprint density at radius 2 is 2.10 bits per heavy atom. The summed E-state index contributed by atoms with van der Waals surface area (Å²) in [5, 5.41) is 0. The average Bonchev–Trinajstić information content (AvgIpc) is 2.46. The number of benzene rings is 1. The van der Waals surface area contributed by atoms with Gasteiger partial charge in [-0.05, 0) is 60.6 Å². The van der Waals surface area contributed by atoms with Gasteiger partial charge < -0.3 is 4.74 Å². The highest BCUT2D eigenvalue weighted by molar-refractivity contribution is 14.1. The van der Waals surface area contributed by atoms with Gasteiger partial charge >= 0.3 is 0 Å². The predicted octanol–water partition coefficient (Wildman–Crippen LogP) is 1.77. The van der Waals surface area contributed by atoms with Crippen LogP contribution in [0.4, 0.5) is 0 Å². The molecular formula is C15H24IN3O. The third-order valence-corrected chi connectivity index (χ3v) is 4.61. The predicted molar refractivity (Wildman–Crippen MR) is 90.4 cm³/mol. The van der Waals surface area contributed by atoms with Crippen LogP contribution in [0.5, 0.6) is 0 Å². The molecular weight excluding hydrogens is 365 g/mol. The van der Waals surface area contributed by atoms with Crippen molar-refractivity contribution in [2.45, 2.75) is 38.5 Å². The van der Waals surface area contributed by atoms with E-state index in [0.717, 1.165) is 26.1 Å². The van der Waals surface area contributed by atoms with Crippen LogP contribution in [0.25, 0.3) is 0 Å². The number of hydrazine groups is 1. The molecule has 2 rings (SSSR count). The molecule has 0 radical (unpaired) electrons. The molecule has 0 aromatic heterocycles. The molecule has 0 spiro atoms. The van der Waals surface area contributed by atoms with E-state index in [1.54, 1.807) is 0 Å². The molecule has 2 atom stereocenters. The van der Waals surface area contributed by atoms with Gasteiger partial charge in [0.2, 0.25) is 0 Å². The first kappa shape index (κ1) is 16.2. The number of hydrogen-bond acceptors (Lipinski definition) is 4. The maximum Gasteiger partial charge on any atom is 0.0872 e. The van der Waals surface area contributed by atoms with Gasteiger partial charge in [0.15, 0.2) is 0 Å². The molecule has 1 fully saturated rings. The van der Waals surface area contributed by atoms with Crippen molar-refractivity contribution in [2.24, 2.45) is 5.84 Å². The Labute approximate surface area is 135 Å². The van der Waals surface area contributed by atoms with Crippen molar-refractivity contribution in [3.05, 3.63) is 33.4 Å². The molecule has 4 nitrogen and oxygen atoms in total. The molecule has 2 unspecified atom stereocenters. The topological polar surface area (TPSA) is 50.5 Å². The van der Waals surface area contributed by atoms with Crippen LogP contribution in [0.3, 0.4) is 0 Å². The summed E-state index contributed by atoms with van der Waals surface area (Å²) in [6.07, 6.45) is 1.04. The van der Waals surface area contributed by atoms with Crippen LogP contribution in [-0.2, 0) is 11.2 Å². The van der Waals surface area contributed by atoms with Gasteiger partial charge in [0.05, 0.1) is 18.8 Å². The summed E-state index contributed by atoms with van der Waals surface area (Å²) in [5.74, 6) is 5.75. The number of nitrogens with one attached hydrogen (secondary N) is 1. The lowest BCUT2D eigenvalue weighted by Gasteiger charge is -2.38. The normalized spacial score (nSPS) is 22.1. The molecule has 0 saturated carbocycles. The van der Waals surface area contributed by atoms with Crippen LogP contribution >= 0.6 is 22.6 Å². The maximum absolute atomic E-state index is 5.92. The molecule has 1 aliphatic heterocycles. The molecule has 1 saturated heterocycles. The summed E-state index contributed by atoms with van der Waals surface area (Å²) >= 11 is 2.32. The molecule has 20 heavy (non-hydrogen) atoms. The first-order chi connectivity index (χ1) is 9.60. The fraction of sp³-hybridized carbons (Fsp3) is 0.600. The molecule has 0 bridgehead atoms. The first-order valence-corrected chi connectivity index (χ1v) is 8.24. The summed E-state index contributed by atoms with van der Waals surface area (Å²) in [5.41, 5.74) is 4.23. The second kappa shape index (κ2) is 7.70. The highest BCUT2D eigenvalue weighted by Gasteiger charge is 2.28. The van der Waals surface area contributed by atoms with E-state index in [4.69, 9.17) is 10.6 Å². The molecule has 1 aliphatic rings. The van der Waals surface area contributed by atoms with E-state index in [1.807, 2.05) is 0 Å². The maximum atomic E-state index is 5.92. The van der Waals surface area contributed by atoms with E-state index in [0.29, 0.717) is 6.04 Å². The van der Waals surface area contributed by atoms with Gasteiger partial charge in [-0.2, -0.15) is 0 Å². The van der Waals surface area contributed by atoms with Crippen LogP contribution in [0.2, 0.25) is 0 Å². The Hall–Kier alpha value is -0.210. The smallest absolute Gasteiger partial charge is 0.0872 e. The summed E-state index contributed by atoms with van der Waals surface area (Å²) < 4.78 is 7.17. The molecule has 0 amide bonds. The van der Waals surface area contributed by atoms with Crippen LogP contribution in [0.1, 0.15) is 19.4 Å². The minimum Gasteiger partial charge on any atom is -0.374 e. The minimum atomic E-state index is 0.149. The molecule has 0 aliphatic carbocycles. The summed E-state index contributed by atoms with van der Waals surface area (Å²) in [6, 6.07) is 9.29. The fourth-order valence-electron chi connectivity index (χ4n) is 2.58. The lowest BCUT2D eigenvalue weighted by molar-refractivity contribution is -0.0552. The second-order valence-corrected chi connectivity index (χ2v) is 6.85. The van der Waals surface area contributed by atoms with Gasteiger partial charge in [-0.3, -0.25) is 16.2 Å². The van der Waals surface area contributed by atoms with E-state index < -0.39 is 0 Å². The zero-order chi connectivity index (χ0) is 14.5. The molecule has 1 aromatic rings. The Bertz CT molecular complexity index is 410. The van der Waals surface area contributed by atoms with Crippen molar-refractivity contribution in [1.82, 2.24) is 10.3 Å². The SMILES string of the molecule is CC(C)N1CCOC(C(Cc2ccc(I)cc2)NN)C1. The minimum absolute atomic E-state index is 0.149. The monoisotopic (exact) mass is 389 g/mol. The standard InChI is InChI=1S/C15H24IN3O/c1-11(2)19-7-8-20-15(10-19)14(18-17)9-12-3-5-13(16)6-4-12/h3-6,11,14-15,18H,7-10,17H2,1-2H3. The summed E-state index contributed by atoms with van der Waals surface area (Å²) in [6.45, 7) is 7.19. The third-order valence-electron chi connectivity index (χ3n) is 3.89. The van der Waals surface area contributed by atoms with Gasteiger partial charge in [0.25, 0.3) is 0 Å². The van der Waals surface area contributed by atoms with E-state index in [9.17, 15) is 0 Å². The van der Waals surface area contributed by atoms with Gasteiger partial charge in [0, 0.05) is 22.7 Å². The molecule has 112 valence electrons. The quantitative estimate of drug-likeness (QED) is 0.458. The van der Waals surface area contributed by atoms with Gasteiger partial charge in [-0.1, -0.05) is 12.1 Å². The third kappa shape index (κ3) is 4.39. The molecule has 1 aromatic carbocycles. The zero-order valence-electron chi connectivity index (χ0n) is 12.2. The number of morpholine rings is 1. The highest BCUT2D eigenvalue weighted by atomic mass is 127. The van der Waals surface area contributed by atoms with Crippen molar-refractivity contribution in [3.8, 4) is 0 Å². The van der Waals surface area contributed by atoms with Crippen molar-refractivity contribution in [1.29, 1.82) is 0 Å². The number of rotatable bonds is 5. The Morgan fingerprint density at radius 3 is 2.70 bits per heavy atom. The Morgan fingerprint density at radius 1 is 1.40 bits per heavy atom. The van der Waals surface area contributed by atoms with Crippen LogP contribution in [0.15, 0.2) is 24.3 Å². The van der Waals surface area contributed by atoms with E-state index in [1.165, 1.54) is 9.13 Å². The first-order valence-electron chi connectivity index (χ1n) is 7.16. The molecule has 3 N–H and O–H groups in total. The summed E-state index contributed by atoms with van der Waals surface area (Å²) in [4.78, 5) is 2.45. The number of halogens is 1. The number of hydrogen-bond donors (Lipinski definition) is 2. The fourth-order valence-corrected chi connectivity index (χ4v) is 2.94. The van der Waals surface area contributed by atoms with Gasteiger partial charge in [-0.15, -0.1) is 0 Å². The van der Waals surface area contributed by atoms with Crippen molar-refractivity contribution < 1.29 is 4.74 Å². The van der Waals surface area contributed by atoms with Crippen LogP contribution in [-0.4, -0.2) is 42.8 Å².